The molecular formula is C12H11BrN2O4S2. The van der Waals surface area contributed by atoms with E-state index in [-0.39, 0.29) is 21.1 Å². The number of anilines is 2. The zero-order valence-electron chi connectivity index (χ0n) is 10.8. The first-order valence-electron chi connectivity index (χ1n) is 5.62. The third-order valence-electron chi connectivity index (χ3n) is 2.62. The smallest absolute Gasteiger partial charge is 0.337 e. The molecule has 0 saturated heterocycles. The van der Waals surface area contributed by atoms with Crippen molar-refractivity contribution in [2.75, 3.05) is 10.5 Å². The van der Waals surface area contributed by atoms with Crippen LogP contribution >= 0.6 is 27.3 Å². The van der Waals surface area contributed by atoms with Gasteiger partial charge in [-0.15, -0.1) is 11.3 Å². The Kier molecular flexibility index (Phi) is 4.26. The summed E-state index contributed by atoms with van der Waals surface area (Å²) >= 11 is 4.31. The Morgan fingerprint density at radius 1 is 1.38 bits per heavy atom. The molecule has 9 heteroatoms. The van der Waals surface area contributed by atoms with Crippen LogP contribution in [0.2, 0.25) is 0 Å². The zero-order valence-corrected chi connectivity index (χ0v) is 14.0. The Balaban J connectivity index is 2.44. The van der Waals surface area contributed by atoms with Gasteiger partial charge in [0.1, 0.15) is 4.21 Å². The number of carbonyl (C=O) groups is 1. The maximum Gasteiger partial charge on any atom is 0.337 e. The Hall–Kier alpha value is -1.58. The van der Waals surface area contributed by atoms with Gasteiger partial charge in [0.2, 0.25) is 0 Å². The van der Waals surface area contributed by atoms with Crippen LogP contribution in [0.25, 0.3) is 0 Å². The van der Waals surface area contributed by atoms with Crippen LogP contribution in [0.4, 0.5) is 11.4 Å². The normalized spacial score (nSPS) is 11.3. The molecule has 0 aliphatic heterocycles. The van der Waals surface area contributed by atoms with Crippen molar-refractivity contribution in [3.05, 3.63) is 39.2 Å². The highest BCUT2D eigenvalue weighted by molar-refractivity contribution is 9.11. The number of rotatable bonds is 4. The van der Waals surface area contributed by atoms with Crippen LogP contribution in [-0.2, 0) is 10.0 Å². The van der Waals surface area contributed by atoms with Crippen LogP contribution in [0.3, 0.4) is 0 Å². The van der Waals surface area contributed by atoms with E-state index >= 15 is 0 Å². The highest BCUT2D eigenvalue weighted by atomic mass is 79.9. The van der Waals surface area contributed by atoms with Crippen molar-refractivity contribution < 1.29 is 18.3 Å². The number of nitrogens with one attached hydrogen (secondary N) is 1. The number of halogens is 1. The highest BCUT2D eigenvalue weighted by Crippen LogP contribution is 2.32. The van der Waals surface area contributed by atoms with Gasteiger partial charge in [0.05, 0.1) is 15.0 Å². The molecule has 0 aliphatic rings. The van der Waals surface area contributed by atoms with E-state index in [0.29, 0.717) is 3.79 Å². The molecule has 4 N–H and O–H groups in total. The second-order valence-electron chi connectivity index (χ2n) is 4.24. The molecule has 0 spiro atoms. The van der Waals surface area contributed by atoms with E-state index in [1.165, 1.54) is 24.3 Å². The Morgan fingerprint density at radius 2 is 2.05 bits per heavy atom. The summed E-state index contributed by atoms with van der Waals surface area (Å²) in [7, 11) is -3.85. The Labute approximate surface area is 133 Å². The standard InChI is InChI=1S/C12H11BrN2O4S2/c1-6-4-10(20-11(6)13)21(18,19)15-9-3-2-7(14)5-8(9)12(16)17/h2-5,15H,14H2,1H3,(H,16,17). The average Bonchev–Trinajstić information content (AvgIpc) is 2.72. The number of hydrogen-bond acceptors (Lipinski definition) is 5. The molecule has 0 unspecified atom stereocenters. The lowest BCUT2D eigenvalue weighted by Gasteiger charge is -2.09. The molecule has 2 aromatic rings. The quantitative estimate of drug-likeness (QED) is 0.695. The van der Waals surface area contributed by atoms with Gasteiger partial charge in [-0.05, 0) is 52.7 Å². The van der Waals surface area contributed by atoms with Crippen LogP contribution in [-0.4, -0.2) is 19.5 Å². The fourth-order valence-electron chi connectivity index (χ4n) is 1.59. The topological polar surface area (TPSA) is 109 Å². The maximum atomic E-state index is 12.3. The van der Waals surface area contributed by atoms with E-state index in [4.69, 9.17) is 10.8 Å². The molecule has 0 fully saturated rings. The summed E-state index contributed by atoms with van der Waals surface area (Å²) in [6.07, 6.45) is 0. The van der Waals surface area contributed by atoms with Crippen molar-refractivity contribution in [3.63, 3.8) is 0 Å². The first-order valence-corrected chi connectivity index (χ1v) is 8.71. The van der Waals surface area contributed by atoms with E-state index in [1.807, 2.05) is 0 Å². The first-order chi connectivity index (χ1) is 9.70. The number of hydrogen-bond donors (Lipinski definition) is 3. The third kappa shape index (κ3) is 3.36. The van der Waals surface area contributed by atoms with Gasteiger partial charge in [-0.25, -0.2) is 13.2 Å². The van der Waals surface area contributed by atoms with Crippen molar-refractivity contribution in [2.24, 2.45) is 0 Å². The summed E-state index contributed by atoms with van der Waals surface area (Å²) < 4.78 is 27.6. The van der Waals surface area contributed by atoms with Gasteiger partial charge in [-0.1, -0.05) is 0 Å². The molecule has 0 saturated carbocycles. The molecule has 0 aliphatic carbocycles. The number of sulfonamides is 1. The highest BCUT2D eigenvalue weighted by Gasteiger charge is 2.21. The molecule has 2 rings (SSSR count). The maximum absolute atomic E-state index is 12.3. The summed E-state index contributed by atoms with van der Waals surface area (Å²) in [6, 6.07) is 5.47. The first kappa shape index (κ1) is 15.8. The fraction of sp³-hybridized carbons (Fsp3) is 0.0833. The number of carboxylic acid groups (broad SMARTS) is 1. The summed E-state index contributed by atoms with van der Waals surface area (Å²) in [4.78, 5) is 11.2. The minimum absolute atomic E-state index is 0.0288. The van der Waals surface area contributed by atoms with E-state index in [0.717, 1.165) is 16.9 Å². The molecule has 0 radical (unpaired) electrons. The second kappa shape index (κ2) is 5.66. The lowest BCUT2D eigenvalue weighted by Crippen LogP contribution is -2.14. The molecule has 1 aromatic heterocycles. The van der Waals surface area contributed by atoms with Crippen LogP contribution in [0.1, 0.15) is 15.9 Å². The van der Waals surface area contributed by atoms with Crippen molar-refractivity contribution >= 4 is 54.6 Å². The van der Waals surface area contributed by atoms with Crippen LogP contribution in [0.5, 0.6) is 0 Å². The Bertz CT molecular complexity index is 795. The number of benzene rings is 1. The van der Waals surface area contributed by atoms with E-state index < -0.39 is 16.0 Å². The fourth-order valence-corrected chi connectivity index (χ4v) is 4.89. The zero-order chi connectivity index (χ0) is 15.8. The molecule has 112 valence electrons. The van der Waals surface area contributed by atoms with E-state index in [2.05, 4.69) is 20.7 Å². The molecule has 0 amide bonds. The number of nitrogen functional groups attached to an aromatic ring is 1. The van der Waals surface area contributed by atoms with Gasteiger partial charge >= 0.3 is 5.97 Å². The number of thiophene rings is 1. The van der Waals surface area contributed by atoms with E-state index in [1.54, 1.807) is 6.92 Å². The lowest BCUT2D eigenvalue weighted by molar-refractivity contribution is 0.0698. The van der Waals surface area contributed by atoms with Crippen molar-refractivity contribution in [3.8, 4) is 0 Å². The second-order valence-corrected chi connectivity index (χ2v) is 8.52. The van der Waals surface area contributed by atoms with E-state index in [9.17, 15) is 13.2 Å². The largest absolute Gasteiger partial charge is 0.478 e. The number of aryl methyl sites for hydroxylation is 1. The molecule has 0 bridgehead atoms. The molecule has 1 heterocycles. The molecule has 1 aromatic carbocycles. The molecular weight excluding hydrogens is 380 g/mol. The average molecular weight is 391 g/mol. The van der Waals surface area contributed by atoms with Gasteiger partial charge in [-0.3, -0.25) is 4.72 Å². The predicted octanol–water partition coefficient (Wildman–Crippen LogP) is 2.90. The third-order valence-corrected chi connectivity index (χ3v) is 6.59. The summed E-state index contributed by atoms with van der Waals surface area (Å²) in [5.41, 5.74) is 6.32. The predicted molar refractivity (Wildman–Crippen MR) is 85.4 cm³/mol. The Morgan fingerprint density at radius 3 is 2.57 bits per heavy atom. The minimum atomic E-state index is -3.85. The number of nitrogens with two attached hydrogens (primary N) is 1. The van der Waals surface area contributed by atoms with Crippen molar-refractivity contribution in [1.82, 2.24) is 0 Å². The van der Waals surface area contributed by atoms with Crippen molar-refractivity contribution in [2.45, 2.75) is 11.1 Å². The number of carboxylic acids is 1. The SMILES string of the molecule is Cc1cc(S(=O)(=O)Nc2ccc(N)cc2C(=O)O)sc1Br. The van der Waals surface area contributed by atoms with Gasteiger partial charge in [0.25, 0.3) is 10.0 Å². The van der Waals surface area contributed by atoms with Gasteiger partial charge in [0, 0.05) is 5.69 Å². The minimum Gasteiger partial charge on any atom is -0.478 e. The van der Waals surface area contributed by atoms with Gasteiger partial charge in [0.15, 0.2) is 0 Å². The summed E-state index contributed by atoms with van der Waals surface area (Å²) in [5, 5.41) is 9.11. The van der Waals surface area contributed by atoms with Crippen LogP contribution in [0, 0.1) is 6.92 Å². The summed E-state index contributed by atoms with van der Waals surface area (Å²) in [6.45, 7) is 1.77. The lowest BCUT2D eigenvalue weighted by atomic mass is 10.1. The van der Waals surface area contributed by atoms with Crippen LogP contribution < -0.4 is 10.5 Å². The molecule has 0 atom stereocenters. The monoisotopic (exact) mass is 390 g/mol. The molecule has 21 heavy (non-hydrogen) atoms. The molecule has 6 nitrogen and oxygen atoms in total. The van der Waals surface area contributed by atoms with Gasteiger partial charge in [-0.2, -0.15) is 0 Å². The summed E-state index contributed by atoms with van der Waals surface area (Å²) in [5.74, 6) is -1.26. The van der Waals surface area contributed by atoms with Gasteiger partial charge < -0.3 is 10.8 Å². The van der Waals surface area contributed by atoms with Crippen LogP contribution in [0.15, 0.2) is 32.3 Å². The number of aromatic carboxylic acids is 1. The van der Waals surface area contributed by atoms with Crippen molar-refractivity contribution in [1.29, 1.82) is 0 Å².